The third-order valence-corrected chi connectivity index (χ3v) is 6.71. The standard InChI is InChI=1S/C15H18O6S3/c1-4-22(16,17)10-13-7-14(11-23(18,19)5-2)9-15(8-13)12-24(20,21)6-3/h4-9H,1-3,10-12H2. The molecular weight excluding hydrogens is 372 g/mol. The summed E-state index contributed by atoms with van der Waals surface area (Å²) in [4.78, 5) is 0. The molecule has 0 aliphatic heterocycles. The lowest BCUT2D eigenvalue weighted by Crippen LogP contribution is -2.06. The molecule has 0 saturated heterocycles. The van der Waals surface area contributed by atoms with Crippen molar-refractivity contribution in [2.24, 2.45) is 0 Å². The minimum atomic E-state index is -3.58. The molecule has 0 aromatic heterocycles. The molecule has 0 N–H and O–H groups in total. The second-order valence-corrected chi connectivity index (χ2v) is 10.9. The zero-order valence-electron chi connectivity index (χ0n) is 12.9. The van der Waals surface area contributed by atoms with Crippen LogP contribution in [0.4, 0.5) is 0 Å². The molecule has 0 aliphatic rings. The second kappa shape index (κ2) is 7.45. The summed E-state index contributed by atoms with van der Waals surface area (Å²) in [6, 6.07) is 4.23. The van der Waals surface area contributed by atoms with Crippen LogP contribution in [-0.2, 0) is 46.8 Å². The molecule has 0 saturated carbocycles. The van der Waals surface area contributed by atoms with Crippen molar-refractivity contribution >= 4 is 29.5 Å². The molecule has 0 amide bonds. The third kappa shape index (κ3) is 6.42. The molecule has 0 fully saturated rings. The normalized spacial score (nSPS) is 12.5. The molecule has 0 atom stereocenters. The Balaban J connectivity index is 3.41. The van der Waals surface area contributed by atoms with E-state index in [1.54, 1.807) is 0 Å². The largest absolute Gasteiger partial charge is 0.224 e. The predicted octanol–water partition coefficient (Wildman–Crippen LogP) is 1.86. The van der Waals surface area contributed by atoms with Crippen LogP contribution in [0.15, 0.2) is 54.2 Å². The molecule has 1 aromatic carbocycles. The minimum absolute atomic E-state index is 0.279. The molecule has 0 spiro atoms. The minimum Gasteiger partial charge on any atom is -0.224 e. The Labute approximate surface area is 143 Å². The highest BCUT2D eigenvalue weighted by Gasteiger charge is 2.15. The Morgan fingerprint density at radius 2 is 0.792 bits per heavy atom. The highest BCUT2D eigenvalue weighted by molar-refractivity contribution is 7.94. The van der Waals surface area contributed by atoms with E-state index in [9.17, 15) is 25.3 Å². The van der Waals surface area contributed by atoms with Crippen LogP contribution in [0.2, 0.25) is 0 Å². The van der Waals surface area contributed by atoms with Crippen LogP contribution < -0.4 is 0 Å². The van der Waals surface area contributed by atoms with Crippen LogP contribution in [0.5, 0.6) is 0 Å². The summed E-state index contributed by atoms with van der Waals surface area (Å²) < 4.78 is 70.1. The van der Waals surface area contributed by atoms with Gasteiger partial charge in [-0.15, -0.1) is 0 Å². The van der Waals surface area contributed by atoms with Gasteiger partial charge in [0.05, 0.1) is 17.3 Å². The van der Waals surface area contributed by atoms with Crippen molar-refractivity contribution < 1.29 is 25.3 Å². The average Bonchev–Trinajstić information content (AvgIpc) is 2.45. The van der Waals surface area contributed by atoms with Gasteiger partial charge in [0.25, 0.3) is 0 Å². The maximum Gasteiger partial charge on any atom is 0.175 e. The van der Waals surface area contributed by atoms with Crippen LogP contribution in [0, 0.1) is 0 Å². The van der Waals surface area contributed by atoms with Gasteiger partial charge in [0.1, 0.15) is 0 Å². The molecule has 0 unspecified atom stereocenters. The summed E-state index contributed by atoms with van der Waals surface area (Å²) >= 11 is 0. The maximum atomic E-state index is 11.7. The Kier molecular flexibility index (Phi) is 6.32. The summed E-state index contributed by atoms with van der Waals surface area (Å²) in [5.41, 5.74) is 0.836. The van der Waals surface area contributed by atoms with Gasteiger partial charge in [0, 0.05) is 16.2 Å². The molecule has 0 heterocycles. The van der Waals surface area contributed by atoms with Gasteiger partial charge in [-0.25, -0.2) is 25.3 Å². The molecule has 132 valence electrons. The predicted molar refractivity (Wildman–Crippen MR) is 94.9 cm³/mol. The van der Waals surface area contributed by atoms with Crippen molar-refractivity contribution in [1.82, 2.24) is 0 Å². The Morgan fingerprint density at radius 3 is 0.958 bits per heavy atom. The first-order valence-electron chi connectivity index (χ1n) is 6.59. The zero-order valence-corrected chi connectivity index (χ0v) is 15.3. The molecule has 1 rings (SSSR count). The van der Waals surface area contributed by atoms with Gasteiger partial charge in [-0.2, -0.15) is 0 Å². The highest BCUT2D eigenvalue weighted by atomic mass is 32.2. The molecule has 0 bridgehead atoms. The Hall–Kier alpha value is -1.71. The van der Waals surface area contributed by atoms with Crippen LogP contribution in [0.1, 0.15) is 16.7 Å². The molecular formula is C15H18O6S3. The van der Waals surface area contributed by atoms with E-state index < -0.39 is 46.8 Å². The fourth-order valence-corrected chi connectivity index (χ4v) is 4.21. The molecule has 6 nitrogen and oxygen atoms in total. The quantitative estimate of drug-likeness (QED) is 0.638. The molecule has 0 radical (unpaired) electrons. The maximum absolute atomic E-state index is 11.7. The summed E-state index contributed by atoms with van der Waals surface area (Å²) in [6.07, 6.45) is 0. The average molecular weight is 391 g/mol. The number of hydrogen-bond acceptors (Lipinski definition) is 6. The summed E-state index contributed by atoms with van der Waals surface area (Å²) in [5.74, 6) is -1.21. The molecule has 24 heavy (non-hydrogen) atoms. The van der Waals surface area contributed by atoms with Crippen LogP contribution in [0.25, 0.3) is 0 Å². The highest BCUT2D eigenvalue weighted by Crippen LogP contribution is 2.19. The van der Waals surface area contributed by atoms with E-state index in [2.05, 4.69) is 19.7 Å². The number of sulfone groups is 3. The van der Waals surface area contributed by atoms with Crippen molar-refractivity contribution in [3.63, 3.8) is 0 Å². The fraction of sp³-hybridized carbons (Fsp3) is 0.200. The monoisotopic (exact) mass is 390 g/mol. The Morgan fingerprint density at radius 1 is 0.583 bits per heavy atom. The summed E-state index contributed by atoms with van der Waals surface area (Å²) in [7, 11) is -10.7. The van der Waals surface area contributed by atoms with Crippen molar-refractivity contribution in [1.29, 1.82) is 0 Å². The van der Waals surface area contributed by atoms with Gasteiger partial charge >= 0.3 is 0 Å². The lowest BCUT2D eigenvalue weighted by molar-refractivity contribution is 0.603. The first-order chi connectivity index (χ1) is 10.9. The van der Waals surface area contributed by atoms with E-state index in [4.69, 9.17) is 0 Å². The lowest BCUT2D eigenvalue weighted by Gasteiger charge is -2.09. The van der Waals surface area contributed by atoms with Gasteiger partial charge in [-0.3, -0.25) is 0 Å². The number of benzene rings is 1. The van der Waals surface area contributed by atoms with Crippen LogP contribution in [0.3, 0.4) is 0 Å². The summed E-state index contributed by atoms with van der Waals surface area (Å²) in [6.45, 7) is 9.64. The first-order valence-corrected chi connectivity index (χ1v) is 11.7. The van der Waals surface area contributed by atoms with Crippen molar-refractivity contribution in [3.8, 4) is 0 Å². The third-order valence-electron chi connectivity index (χ3n) is 2.98. The topological polar surface area (TPSA) is 102 Å². The van der Waals surface area contributed by atoms with Gasteiger partial charge in [0.2, 0.25) is 0 Å². The number of hydrogen-bond donors (Lipinski definition) is 0. The number of rotatable bonds is 9. The van der Waals surface area contributed by atoms with Crippen molar-refractivity contribution in [3.05, 3.63) is 70.9 Å². The SMILES string of the molecule is C=CS(=O)(=O)Cc1cc(CS(=O)(=O)C=C)cc(CS(=O)(=O)C=C)c1. The van der Waals surface area contributed by atoms with Crippen molar-refractivity contribution in [2.45, 2.75) is 17.3 Å². The molecule has 0 aliphatic carbocycles. The van der Waals surface area contributed by atoms with E-state index in [0.717, 1.165) is 16.2 Å². The lowest BCUT2D eigenvalue weighted by atomic mass is 10.1. The fourth-order valence-electron chi connectivity index (χ4n) is 1.96. The van der Waals surface area contributed by atoms with Gasteiger partial charge in [-0.1, -0.05) is 37.9 Å². The van der Waals surface area contributed by atoms with E-state index in [1.165, 1.54) is 18.2 Å². The van der Waals surface area contributed by atoms with E-state index >= 15 is 0 Å². The smallest absolute Gasteiger partial charge is 0.175 e. The first kappa shape index (κ1) is 20.3. The summed E-state index contributed by atoms with van der Waals surface area (Å²) in [5, 5.41) is 2.38. The van der Waals surface area contributed by atoms with Crippen molar-refractivity contribution in [2.75, 3.05) is 0 Å². The molecule has 1 aromatic rings. The second-order valence-electron chi connectivity index (χ2n) is 5.08. The van der Waals surface area contributed by atoms with Crippen LogP contribution in [-0.4, -0.2) is 25.3 Å². The van der Waals surface area contributed by atoms with E-state index in [0.29, 0.717) is 0 Å². The molecule has 9 heteroatoms. The Bertz CT molecular complexity index is 827. The van der Waals surface area contributed by atoms with E-state index in [1.807, 2.05) is 0 Å². The van der Waals surface area contributed by atoms with Gasteiger partial charge in [0.15, 0.2) is 29.5 Å². The zero-order chi connectivity index (χ0) is 18.6. The van der Waals surface area contributed by atoms with Gasteiger partial charge in [-0.05, 0) is 16.7 Å². The van der Waals surface area contributed by atoms with E-state index in [-0.39, 0.29) is 16.7 Å². The van der Waals surface area contributed by atoms with Gasteiger partial charge < -0.3 is 0 Å². The van der Waals surface area contributed by atoms with Crippen LogP contribution >= 0.6 is 0 Å².